The number of hydrogen-bond acceptors (Lipinski definition) is 2. The molecule has 1 heterocycles. The fourth-order valence-electron chi connectivity index (χ4n) is 2.63. The predicted molar refractivity (Wildman–Crippen MR) is 96.0 cm³/mol. The highest BCUT2D eigenvalue weighted by molar-refractivity contribution is 7.60. The van der Waals surface area contributed by atoms with Crippen LogP contribution in [0.3, 0.4) is 0 Å². The van der Waals surface area contributed by atoms with Gasteiger partial charge in [-0.15, -0.1) is 0 Å². The first-order valence-corrected chi connectivity index (χ1v) is 9.19. The largest absolute Gasteiger partial charge is 0.355 e. The first-order chi connectivity index (χ1) is 10.6. The summed E-state index contributed by atoms with van der Waals surface area (Å²) in [5, 5.41) is 2.39. The monoisotopic (exact) mass is 317 g/mol. The normalized spacial score (nSPS) is 12.5. The van der Waals surface area contributed by atoms with Crippen molar-refractivity contribution in [2.75, 3.05) is 12.8 Å². The number of aldehydes is 1. The van der Waals surface area contributed by atoms with Gasteiger partial charge in [0.05, 0.1) is 14.7 Å². The summed E-state index contributed by atoms with van der Waals surface area (Å²) < 4.78 is 7.94. The number of rotatable bonds is 8. The molecule has 0 N–H and O–H groups in total. The van der Waals surface area contributed by atoms with Gasteiger partial charge in [0.1, 0.15) is 6.29 Å². The van der Waals surface area contributed by atoms with E-state index in [1.165, 1.54) is 5.30 Å². The summed E-state index contributed by atoms with van der Waals surface area (Å²) in [6.07, 6.45) is 5.13. The van der Waals surface area contributed by atoms with Crippen molar-refractivity contribution in [3.63, 3.8) is 0 Å². The summed E-state index contributed by atoms with van der Waals surface area (Å²) in [7, 11) is -0.581. The lowest BCUT2D eigenvalue weighted by Crippen LogP contribution is -2.07. The Labute approximate surface area is 133 Å². The summed E-state index contributed by atoms with van der Waals surface area (Å²) in [5.74, 6) is 0. The van der Waals surface area contributed by atoms with E-state index < -0.39 is 8.15 Å². The van der Waals surface area contributed by atoms with Crippen LogP contribution in [0, 0.1) is 0 Å². The minimum atomic E-state index is -0.581. The van der Waals surface area contributed by atoms with Gasteiger partial charge in [-0.2, -0.15) is 0 Å². The number of carbonyl (C=O) groups is 1. The third kappa shape index (κ3) is 3.48. The number of aromatic nitrogens is 1. The lowest BCUT2D eigenvalue weighted by Gasteiger charge is -2.17. The quantitative estimate of drug-likeness (QED) is 0.535. The van der Waals surface area contributed by atoms with Crippen LogP contribution in [0.1, 0.15) is 32.8 Å². The van der Waals surface area contributed by atoms with E-state index >= 15 is 0 Å². The van der Waals surface area contributed by atoms with E-state index in [9.17, 15) is 4.79 Å². The molecule has 0 aliphatic heterocycles. The number of allylic oxidation sites excluding steroid dienone is 1. The molecular weight excluding hydrogens is 293 g/mol. The Bertz CT molecular complexity index is 669. The lowest BCUT2D eigenvalue weighted by atomic mass is 10.1. The second-order valence-corrected chi connectivity index (χ2v) is 7.34. The van der Waals surface area contributed by atoms with Gasteiger partial charge >= 0.3 is 0 Å². The highest BCUT2D eigenvalue weighted by atomic mass is 31.1. The van der Waals surface area contributed by atoms with Crippen LogP contribution in [0.4, 0.5) is 0 Å². The second kappa shape index (κ2) is 7.71. The highest BCUT2D eigenvalue weighted by Gasteiger charge is 2.15. The summed E-state index contributed by atoms with van der Waals surface area (Å²) >= 11 is 0. The van der Waals surface area contributed by atoms with Gasteiger partial charge < -0.3 is 13.9 Å². The first-order valence-electron chi connectivity index (χ1n) is 7.75. The molecular formula is C18H24NO2P. The molecule has 0 saturated heterocycles. The van der Waals surface area contributed by atoms with Crippen molar-refractivity contribution >= 4 is 36.2 Å². The van der Waals surface area contributed by atoms with E-state index in [4.69, 9.17) is 4.52 Å². The van der Waals surface area contributed by atoms with Crippen LogP contribution >= 0.6 is 8.15 Å². The minimum absolute atomic E-state index is 0.369. The highest BCUT2D eigenvalue weighted by Crippen LogP contribution is 2.38. The van der Waals surface area contributed by atoms with Crippen molar-refractivity contribution < 1.29 is 9.32 Å². The number of fused-ring (bicyclic) bond motifs is 1. The number of benzene rings is 1. The first kappa shape index (κ1) is 16.9. The van der Waals surface area contributed by atoms with Gasteiger partial charge in [0.15, 0.2) is 0 Å². The van der Waals surface area contributed by atoms with Gasteiger partial charge in [0.2, 0.25) is 0 Å². The molecule has 2 rings (SSSR count). The molecule has 22 heavy (non-hydrogen) atoms. The molecule has 3 nitrogen and oxygen atoms in total. The molecule has 0 aliphatic carbocycles. The molecule has 2 aromatic rings. The molecule has 0 radical (unpaired) electrons. The average Bonchev–Trinajstić information content (AvgIpc) is 2.86. The smallest absolute Gasteiger partial charge is 0.139 e. The summed E-state index contributed by atoms with van der Waals surface area (Å²) in [6, 6.07) is 6.49. The van der Waals surface area contributed by atoms with Crippen molar-refractivity contribution in [1.29, 1.82) is 0 Å². The molecule has 0 amide bonds. The van der Waals surface area contributed by atoms with Gasteiger partial charge in [-0.05, 0) is 38.1 Å². The van der Waals surface area contributed by atoms with Crippen molar-refractivity contribution in [2.24, 2.45) is 0 Å². The fourth-order valence-corrected chi connectivity index (χ4v) is 4.40. The topological polar surface area (TPSA) is 31.2 Å². The number of carbonyl (C=O) groups excluding carboxylic acids is 1. The number of hydrogen-bond donors (Lipinski definition) is 0. The maximum atomic E-state index is 11.0. The van der Waals surface area contributed by atoms with E-state index in [1.54, 1.807) is 0 Å². The molecule has 1 unspecified atom stereocenters. The third-order valence-corrected chi connectivity index (χ3v) is 5.87. The molecule has 1 aromatic carbocycles. The SMILES string of the molecule is C=C(C)c1cn(CC=O)c2cc(P(CCC)OCC)ccc12. The van der Waals surface area contributed by atoms with Gasteiger partial charge in [-0.3, -0.25) is 0 Å². The Morgan fingerprint density at radius 3 is 2.77 bits per heavy atom. The fraction of sp³-hybridized carbons (Fsp3) is 0.389. The van der Waals surface area contributed by atoms with E-state index in [0.29, 0.717) is 6.54 Å². The minimum Gasteiger partial charge on any atom is -0.355 e. The second-order valence-electron chi connectivity index (χ2n) is 5.36. The Kier molecular flexibility index (Phi) is 5.93. The van der Waals surface area contributed by atoms with Crippen LogP contribution in [-0.4, -0.2) is 23.6 Å². The Morgan fingerprint density at radius 1 is 1.41 bits per heavy atom. The molecule has 0 fully saturated rings. The Hall–Kier alpha value is -1.44. The maximum Gasteiger partial charge on any atom is 0.139 e. The lowest BCUT2D eigenvalue weighted by molar-refractivity contribution is -0.108. The Balaban J connectivity index is 2.53. The van der Waals surface area contributed by atoms with Gasteiger partial charge in [-0.25, -0.2) is 0 Å². The zero-order valence-electron chi connectivity index (χ0n) is 13.6. The average molecular weight is 317 g/mol. The van der Waals surface area contributed by atoms with Crippen molar-refractivity contribution in [3.05, 3.63) is 36.5 Å². The van der Waals surface area contributed by atoms with Gasteiger partial charge in [-0.1, -0.05) is 25.6 Å². The van der Waals surface area contributed by atoms with E-state index in [0.717, 1.165) is 47.5 Å². The summed E-state index contributed by atoms with van der Waals surface area (Å²) in [4.78, 5) is 11.0. The van der Waals surface area contributed by atoms with E-state index in [1.807, 2.05) is 24.6 Å². The van der Waals surface area contributed by atoms with Crippen LogP contribution in [0.5, 0.6) is 0 Å². The Morgan fingerprint density at radius 2 is 2.18 bits per heavy atom. The van der Waals surface area contributed by atoms with Crippen LogP contribution in [0.2, 0.25) is 0 Å². The summed E-state index contributed by atoms with van der Waals surface area (Å²) in [6.45, 7) is 11.4. The van der Waals surface area contributed by atoms with Crippen molar-refractivity contribution in [1.82, 2.24) is 4.57 Å². The third-order valence-electron chi connectivity index (χ3n) is 3.60. The standard InChI is InChI=1S/C18H24NO2P/c1-5-11-22(21-6-2)15-7-8-16-17(14(3)4)13-19(9-10-20)18(16)12-15/h7-8,10,12-13H,3,5-6,9,11H2,1-2,4H3. The molecule has 4 heteroatoms. The van der Waals surface area contributed by atoms with Crippen LogP contribution in [0.15, 0.2) is 31.0 Å². The van der Waals surface area contributed by atoms with E-state index in [-0.39, 0.29) is 0 Å². The molecule has 118 valence electrons. The molecule has 1 aromatic heterocycles. The molecule has 0 spiro atoms. The van der Waals surface area contributed by atoms with Crippen molar-refractivity contribution in [2.45, 2.75) is 33.7 Å². The van der Waals surface area contributed by atoms with Crippen molar-refractivity contribution in [3.8, 4) is 0 Å². The zero-order valence-corrected chi connectivity index (χ0v) is 14.5. The predicted octanol–water partition coefficient (Wildman–Crippen LogP) is 4.34. The van der Waals surface area contributed by atoms with Crippen LogP contribution in [0.25, 0.3) is 16.5 Å². The van der Waals surface area contributed by atoms with Crippen LogP contribution in [-0.2, 0) is 15.9 Å². The summed E-state index contributed by atoms with van der Waals surface area (Å²) in [5.41, 5.74) is 3.22. The molecule has 1 atom stereocenters. The zero-order chi connectivity index (χ0) is 16.1. The van der Waals surface area contributed by atoms with Crippen LogP contribution < -0.4 is 5.30 Å². The molecule has 0 saturated carbocycles. The van der Waals surface area contributed by atoms with Gasteiger partial charge in [0.25, 0.3) is 0 Å². The molecule has 0 aliphatic rings. The maximum absolute atomic E-state index is 11.0. The van der Waals surface area contributed by atoms with E-state index in [2.05, 4.69) is 31.7 Å². The molecule has 0 bridgehead atoms. The number of nitrogens with zero attached hydrogens (tertiary/aromatic N) is 1. The van der Waals surface area contributed by atoms with Gasteiger partial charge in [0, 0.05) is 34.6 Å².